The van der Waals surface area contributed by atoms with E-state index in [-0.39, 0.29) is 39.1 Å². The number of nitrogens with two attached hydrogens (primary N) is 2. The maximum absolute atomic E-state index is 10.4. The first kappa shape index (κ1) is 40.6. The molecule has 0 fully saturated rings. The molecule has 13 heteroatoms. The number of amides is 2. The average Bonchev–Trinajstić information content (AvgIpc) is 2.91. The van der Waals surface area contributed by atoms with Gasteiger partial charge in [0.2, 0.25) is 11.8 Å². The monoisotopic (exact) mass is 607 g/mol. The van der Waals surface area contributed by atoms with Crippen molar-refractivity contribution < 1.29 is 57.4 Å². The van der Waals surface area contributed by atoms with E-state index in [1.165, 1.54) is 36.7 Å². The SMILES string of the molecule is Cc1ccc(C(=O)[O-])cc1.Cc1ccc(C(=O)[O-])cc1.NC(=O)c1cccnc1.NC(=O)c1cccnc1.[Mn+2].[OH3+].[OH3+]. The number of pyridine rings is 2. The Balaban J connectivity index is -0.000000459. The molecular formula is C28H32MnN4O8+2. The molecule has 217 valence electrons. The Morgan fingerprint density at radius 2 is 0.854 bits per heavy atom. The second-order valence-electron chi connectivity index (χ2n) is 7.52. The third-order valence-electron chi connectivity index (χ3n) is 4.47. The number of hydrogen-bond donors (Lipinski definition) is 2. The van der Waals surface area contributed by atoms with E-state index in [1.807, 2.05) is 13.8 Å². The van der Waals surface area contributed by atoms with E-state index < -0.39 is 23.8 Å². The van der Waals surface area contributed by atoms with E-state index in [0.717, 1.165) is 11.1 Å². The van der Waals surface area contributed by atoms with Gasteiger partial charge in [0.15, 0.2) is 0 Å². The van der Waals surface area contributed by atoms with Crippen molar-refractivity contribution >= 4 is 23.8 Å². The Hall–Kier alpha value is -4.94. The van der Waals surface area contributed by atoms with Crippen molar-refractivity contribution in [3.8, 4) is 0 Å². The largest absolute Gasteiger partial charge is 2.00 e. The van der Waals surface area contributed by atoms with Crippen molar-refractivity contribution in [2.75, 3.05) is 0 Å². The number of rotatable bonds is 4. The van der Waals surface area contributed by atoms with E-state index in [2.05, 4.69) is 9.97 Å². The third-order valence-corrected chi connectivity index (χ3v) is 4.47. The second-order valence-corrected chi connectivity index (χ2v) is 7.52. The summed E-state index contributed by atoms with van der Waals surface area (Å²) in [6.07, 6.45) is 6.05. The zero-order valence-corrected chi connectivity index (χ0v) is 23.4. The van der Waals surface area contributed by atoms with Crippen molar-refractivity contribution in [2.24, 2.45) is 11.5 Å². The minimum atomic E-state index is -1.12. The van der Waals surface area contributed by atoms with Gasteiger partial charge in [-0.3, -0.25) is 19.6 Å². The predicted octanol–water partition coefficient (Wildman–Crippen LogP) is -0.768. The van der Waals surface area contributed by atoms with Gasteiger partial charge in [-0.25, -0.2) is 0 Å². The Labute approximate surface area is 247 Å². The van der Waals surface area contributed by atoms with Crippen LogP contribution in [0, 0.1) is 13.8 Å². The summed E-state index contributed by atoms with van der Waals surface area (Å²) in [4.78, 5) is 48.6. The first-order valence-corrected chi connectivity index (χ1v) is 11.0. The molecule has 0 aliphatic carbocycles. The van der Waals surface area contributed by atoms with Gasteiger partial charge in [0.05, 0.1) is 23.1 Å². The van der Waals surface area contributed by atoms with E-state index in [1.54, 1.807) is 60.9 Å². The van der Waals surface area contributed by atoms with Crippen molar-refractivity contribution in [2.45, 2.75) is 13.8 Å². The number of carboxylic acids is 2. The number of carboxylic acid groups (broad SMARTS) is 2. The topological polar surface area (TPSA) is 258 Å². The van der Waals surface area contributed by atoms with Crippen LogP contribution in [0.3, 0.4) is 0 Å². The molecule has 0 aliphatic heterocycles. The van der Waals surface area contributed by atoms with Crippen molar-refractivity contribution in [3.63, 3.8) is 0 Å². The van der Waals surface area contributed by atoms with Gasteiger partial charge in [-0.2, -0.15) is 0 Å². The fraction of sp³-hybridized carbons (Fsp3) is 0.0714. The van der Waals surface area contributed by atoms with Crippen molar-refractivity contribution in [1.82, 2.24) is 9.97 Å². The van der Waals surface area contributed by atoms with Crippen LogP contribution in [0.2, 0.25) is 0 Å². The molecule has 0 spiro atoms. The van der Waals surface area contributed by atoms with Crippen LogP contribution in [0.1, 0.15) is 52.6 Å². The zero-order valence-electron chi connectivity index (χ0n) is 22.3. The van der Waals surface area contributed by atoms with Crippen LogP contribution in [-0.2, 0) is 28.0 Å². The molecule has 2 aromatic carbocycles. The molecule has 0 saturated heterocycles. The summed E-state index contributed by atoms with van der Waals surface area (Å²) < 4.78 is 0. The molecule has 41 heavy (non-hydrogen) atoms. The fourth-order valence-corrected chi connectivity index (χ4v) is 2.40. The molecule has 0 unspecified atom stereocenters. The van der Waals surface area contributed by atoms with Crippen LogP contribution < -0.4 is 21.7 Å². The minimum absolute atomic E-state index is 0. The summed E-state index contributed by atoms with van der Waals surface area (Å²) >= 11 is 0. The first-order chi connectivity index (χ1) is 18.0. The number of carbonyl (C=O) groups excluding carboxylic acids is 4. The van der Waals surface area contributed by atoms with Crippen LogP contribution in [0.4, 0.5) is 0 Å². The van der Waals surface area contributed by atoms with E-state index in [0.29, 0.717) is 11.1 Å². The van der Waals surface area contributed by atoms with Gasteiger partial charge in [-0.15, -0.1) is 0 Å². The molecule has 0 aliphatic rings. The normalized spacial score (nSPS) is 8.44. The smallest absolute Gasteiger partial charge is 0.545 e. The summed E-state index contributed by atoms with van der Waals surface area (Å²) in [5.74, 6) is -3.13. The number of aromatic nitrogens is 2. The van der Waals surface area contributed by atoms with E-state index in [4.69, 9.17) is 11.5 Å². The predicted molar refractivity (Wildman–Crippen MR) is 146 cm³/mol. The molecule has 1 radical (unpaired) electrons. The summed E-state index contributed by atoms with van der Waals surface area (Å²) in [7, 11) is 0. The molecule has 12 nitrogen and oxygen atoms in total. The molecule has 4 rings (SSSR count). The molecule has 0 bridgehead atoms. The number of hydrogen-bond acceptors (Lipinski definition) is 8. The maximum atomic E-state index is 10.4. The van der Waals surface area contributed by atoms with Crippen molar-refractivity contribution in [3.05, 3.63) is 131 Å². The number of nitrogens with zero attached hydrogens (tertiary/aromatic N) is 2. The molecule has 0 atom stereocenters. The molecular weight excluding hydrogens is 575 g/mol. The molecule has 0 saturated carbocycles. The van der Waals surface area contributed by atoms with Crippen LogP contribution >= 0.6 is 0 Å². The van der Waals surface area contributed by atoms with Crippen LogP contribution in [-0.4, -0.2) is 33.7 Å². The van der Waals surface area contributed by atoms with Gasteiger partial charge >= 0.3 is 17.1 Å². The number of primary amides is 2. The summed E-state index contributed by atoms with van der Waals surface area (Å²) in [5.41, 5.74) is 13.3. The average molecular weight is 608 g/mol. The second kappa shape index (κ2) is 21.9. The van der Waals surface area contributed by atoms with Gasteiger partial charge < -0.3 is 42.2 Å². The fourth-order valence-electron chi connectivity index (χ4n) is 2.40. The van der Waals surface area contributed by atoms with Crippen LogP contribution in [0.5, 0.6) is 0 Å². The molecule has 2 aromatic heterocycles. The number of carbonyl (C=O) groups is 4. The van der Waals surface area contributed by atoms with Crippen molar-refractivity contribution in [1.29, 1.82) is 0 Å². The van der Waals surface area contributed by atoms with Gasteiger partial charge in [0.25, 0.3) is 0 Å². The Kier molecular flexibility index (Phi) is 21.7. The molecule has 2 amide bonds. The number of aryl methyl sites for hydroxylation is 2. The van der Waals surface area contributed by atoms with Gasteiger partial charge in [0.1, 0.15) is 0 Å². The number of benzene rings is 2. The van der Waals surface area contributed by atoms with Gasteiger partial charge in [0, 0.05) is 24.8 Å². The Morgan fingerprint density at radius 3 is 1.02 bits per heavy atom. The standard InChI is InChI=1S/2C8H8O2.2C6H6N2O.Mn.2H2O/c2*1-6-2-4-7(5-3-6)8(9)10;2*7-6(9)5-2-1-3-8-4-5;;;/h2*2-5H,1H3,(H,9,10);2*1-4H,(H2,7,9);;2*1H2/q;;;;+2;;. The van der Waals surface area contributed by atoms with E-state index >= 15 is 0 Å². The summed E-state index contributed by atoms with van der Waals surface area (Å²) in [6, 6.07) is 19.7. The van der Waals surface area contributed by atoms with Crippen LogP contribution in [0.25, 0.3) is 0 Å². The van der Waals surface area contributed by atoms with E-state index in [9.17, 15) is 29.4 Å². The van der Waals surface area contributed by atoms with Gasteiger partial charge in [-0.1, -0.05) is 59.7 Å². The maximum Gasteiger partial charge on any atom is 2.00 e. The summed E-state index contributed by atoms with van der Waals surface area (Å²) in [6.45, 7) is 3.80. The van der Waals surface area contributed by atoms with Crippen LogP contribution in [0.15, 0.2) is 97.6 Å². The minimum Gasteiger partial charge on any atom is -0.545 e. The molecule has 4 aromatic rings. The Morgan fingerprint density at radius 1 is 0.561 bits per heavy atom. The third kappa shape index (κ3) is 17.3. The molecule has 2 heterocycles. The summed E-state index contributed by atoms with van der Waals surface area (Å²) in [5, 5.41) is 20.4. The quantitative estimate of drug-likeness (QED) is 0.219. The van der Waals surface area contributed by atoms with Gasteiger partial charge in [-0.05, 0) is 49.2 Å². The first-order valence-electron chi connectivity index (χ1n) is 11.0. The zero-order chi connectivity index (χ0) is 28.5. The Bertz CT molecular complexity index is 1220. The molecule has 10 N–H and O–H groups in total. The number of aromatic carboxylic acids is 2.